The summed E-state index contributed by atoms with van der Waals surface area (Å²) in [6.07, 6.45) is 0. The van der Waals surface area contributed by atoms with Gasteiger partial charge in [-0.25, -0.2) is 9.78 Å². The maximum absolute atomic E-state index is 11.6. The minimum atomic E-state index is -1.04. The fraction of sp³-hybridized carbons (Fsp3) is 0. The summed E-state index contributed by atoms with van der Waals surface area (Å²) in [6, 6.07) is 18.8. The monoisotopic (exact) mass is 331 g/mol. The molecule has 4 aromatic rings. The van der Waals surface area contributed by atoms with Crippen molar-refractivity contribution in [1.29, 1.82) is 0 Å². The molecule has 5 heteroatoms. The maximum Gasteiger partial charge on any atom is 0.336 e. The highest BCUT2D eigenvalue weighted by Gasteiger charge is 2.16. The summed E-state index contributed by atoms with van der Waals surface area (Å²) in [7, 11) is 0. The molecule has 0 atom stereocenters. The molecular formula is C20H13NO4. The van der Waals surface area contributed by atoms with Crippen molar-refractivity contribution in [2.75, 3.05) is 0 Å². The van der Waals surface area contributed by atoms with Gasteiger partial charge in [0.15, 0.2) is 5.58 Å². The predicted octanol–water partition coefficient (Wildman–Crippen LogP) is 4.57. The number of carbonyl (C=O) groups is 1. The van der Waals surface area contributed by atoms with Gasteiger partial charge in [0.2, 0.25) is 5.89 Å². The number of benzene rings is 3. The van der Waals surface area contributed by atoms with E-state index in [4.69, 9.17) is 4.42 Å². The summed E-state index contributed by atoms with van der Waals surface area (Å²) in [4.78, 5) is 16.0. The number of phenolic OH excluding ortho intramolecular Hbond substituents is 1. The Kier molecular flexibility index (Phi) is 3.47. The molecule has 0 fully saturated rings. The lowest BCUT2D eigenvalue weighted by molar-refractivity contribution is 0.0697. The Morgan fingerprint density at radius 2 is 1.76 bits per heavy atom. The van der Waals surface area contributed by atoms with Crippen LogP contribution in [0.3, 0.4) is 0 Å². The van der Waals surface area contributed by atoms with Crippen LogP contribution in [0.2, 0.25) is 0 Å². The minimum Gasteiger partial charge on any atom is -0.508 e. The number of carboxylic acid groups (broad SMARTS) is 1. The topological polar surface area (TPSA) is 83.6 Å². The number of carboxylic acids is 1. The number of phenols is 1. The molecule has 2 N–H and O–H groups in total. The van der Waals surface area contributed by atoms with E-state index in [9.17, 15) is 15.0 Å². The van der Waals surface area contributed by atoms with E-state index in [0.717, 1.165) is 5.52 Å². The maximum atomic E-state index is 11.6. The lowest BCUT2D eigenvalue weighted by atomic mass is 9.97. The van der Waals surface area contributed by atoms with Crippen LogP contribution >= 0.6 is 0 Å². The SMILES string of the molecule is O=C(O)c1ccc(-c2nc3ccccc3o2)cc1-c1cccc(O)c1. The van der Waals surface area contributed by atoms with Crippen molar-refractivity contribution in [1.82, 2.24) is 4.98 Å². The molecule has 0 radical (unpaired) electrons. The van der Waals surface area contributed by atoms with Crippen molar-refractivity contribution >= 4 is 17.1 Å². The zero-order valence-corrected chi connectivity index (χ0v) is 13.0. The Hall–Kier alpha value is -3.60. The lowest BCUT2D eigenvalue weighted by Gasteiger charge is -2.08. The van der Waals surface area contributed by atoms with E-state index in [1.807, 2.05) is 24.3 Å². The van der Waals surface area contributed by atoms with Gasteiger partial charge in [-0.05, 0) is 53.6 Å². The molecule has 0 bridgehead atoms. The summed E-state index contributed by atoms with van der Waals surface area (Å²) in [5.74, 6) is -0.553. The molecule has 1 heterocycles. The zero-order chi connectivity index (χ0) is 17.4. The van der Waals surface area contributed by atoms with Crippen molar-refractivity contribution in [3.05, 3.63) is 72.3 Å². The van der Waals surface area contributed by atoms with Crippen LogP contribution in [0.4, 0.5) is 0 Å². The number of hydrogen-bond donors (Lipinski definition) is 2. The molecule has 0 saturated carbocycles. The van der Waals surface area contributed by atoms with Crippen molar-refractivity contribution in [3.63, 3.8) is 0 Å². The van der Waals surface area contributed by atoms with Gasteiger partial charge in [-0.3, -0.25) is 0 Å². The number of hydrogen-bond acceptors (Lipinski definition) is 4. The van der Waals surface area contributed by atoms with Gasteiger partial charge in [0.25, 0.3) is 0 Å². The molecule has 0 spiro atoms. The molecule has 0 amide bonds. The van der Waals surface area contributed by atoms with Crippen LogP contribution in [-0.4, -0.2) is 21.2 Å². The average Bonchev–Trinajstić information content (AvgIpc) is 3.05. The third-order valence-corrected chi connectivity index (χ3v) is 3.95. The molecular weight excluding hydrogens is 318 g/mol. The van der Waals surface area contributed by atoms with Gasteiger partial charge in [0.05, 0.1) is 5.56 Å². The largest absolute Gasteiger partial charge is 0.508 e. The van der Waals surface area contributed by atoms with Gasteiger partial charge in [-0.2, -0.15) is 0 Å². The van der Waals surface area contributed by atoms with Crippen LogP contribution < -0.4 is 0 Å². The molecule has 25 heavy (non-hydrogen) atoms. The van der Waals surface area contributed by atoms with Gasteiger partial charge in [-0.15, -0.1) is 0 Å². The third kappa shape index (κ3) is 2.72. The van der Waals surface area contributed by atoms with E-state index in [0.29, 0.717) is 28.2 Å². The molecule has 122 valence electrons. The number of aromatic hydroxyl groups is 1. The molecule has 3 aromatic carbocycles. The van der Waals surface area contributed by atoms with E-state index in [1.165, 1.54) is 18.2 Å². The number of aromatic nitrogens is 1. The lowest BCUT2D eigenvalue weighted by Crippen LogP contribution is -2.00. The van der Waals surface area contributed by atoms with Crippen molar-refractivity contribution < 1.29 is 19.4 Å². The number of rotatable bonds is 3. The minimum absolute atomic E-state index is 0.0705. The Balaban J connectivity index is 1.90. The Morgan fingerprint density at radius 3 is 2.52 bits per heavy atom. The number of oxazole rings is 1. The third-order valence-electron chi connectivity index (χ3n) is 3.95. The van der Waals surface area contributed by atoms with E-state index in [2.05, 4.69) is 4.98 Å². The Morgan fingerprint density at radius 1 is 0.920 bits per heavy atom. The highest BCUT2D eigenvalue weighted by atomic mass is 16.4. The van der Waals surface area contributed by atoms with Crippen LogP contribution in [0, 0.1) is 0 Å². The first kappa shape index (κ1) is 15.0. The van der Waals surface area contributed by atoms with Crippen LogP contribution in [0.25, 0.3) is 33.7 Å². The zero-order valence-electron chi connectivity index (χ0n) is 13.0. The molecule has 0 unspecified atom stereocenters. The Bertz CT molecular complexity index is 1060. The quantitative estimate of drug-likeness (QED) is 0.575. The van der Waals surface area contributed by atoms with Crippen LogP contribution in [-0.2, 0) is 0 Å². The second-order valence-electron chi connectivity index (χ2n) is 5.60. The molecule has 0 aliphatic heterocycles. The Labute approximate surface area is 142 Å². The normalized spacial score (nSPS) is 10.9. The van der Waals surface area contributed by atoms with Crippen LogP contribution in [0.5, 0.6) is 5.75 Å². The van der Waals surface area contributed by atoms with Crippen molar-refractivity contribution in [2.24, 2.45) is 0 Å². The van der Waals surface area contributed by atoms with Gasteiger partial charge in [-0.1, -0.05) is 24.3 Å². The summed E-state index contributed by atoms with van der Waals surface area (Å²) >= 11 is 0. The van der Waals surface area contributed by atoms with E-state index in [1.54, 1.807) is 24.3 Å². The highest BCUT2D eigenvalue weighted by molar-refractivity contribution is 5.97. The van der Waals surface area contributed by atoms with E-state index in [-0.39, 0.29) is 11.3 Å². The molecule has 0 aliphatic rings. The smallest absolute Gasteiger partial charge is 0.336 e. The summed E-state index contributed by atoms with van der Waals surface area (Å²) in [6.45, 7) is 0. The standard InChI is InChI=1S/C20H13NO4/c22-14-5-3-4-12(10-14)16-11-13(8-9-15(16)20(23)24)19-21-17-6-1-2-7-18(17)25-19/h1-11,22H,(H,23,24). The number of nitrogens with zero attached hydrogens (tertiary/aromatic N) is 1. The van der Waals surface area contributed by atoms with Crippen LogP contribution in [0.15, 0.2) is 71.1 Å². The summed E-state index contributed by atoms with van der Waals surface area (Å²) in [5.41, 5.74) is 3.31. The molecule has 5 nitrogen and oxygen atoms in total. The fourth-order valence-electron chi connectivity index (χ4n) is 2.77. The number of aromatic carboxylic acids is 1. The second-order valence-corrected chi connectivity index (χ2v) is 5.60. The highest BCUT2D eigenvalue weighted by Crippen LogP contribution is 2.32. The van der Waals surface area contributed by atoms with Gasteiger partial charge >= 0.3 is 5.97 Å². The first-order valence-corrected chi connectivity index (χ1v) is 7.64. The first-order chi connectivity index (χ1) is 12.1. The summed E-state index contributed by atoms with van der Waals surface area (Å²) in [5, 5.41) is 19.2. The molecule has 1 aromatic heterocycles. The molecule has 0 saturated heterocycles. The molecule has 4 rings (SSSR count). The molecule has 0 aliphatic carbocycles. The predicted molar refractivity (Wildman–Crippen MR) is 93.5 cm³/mol. The van der Waals surface area contributed by atoms with E-state index < -0.39 is 5.97 Å². The van der Waals surface area contributed by atoms with Crippen LogP contribution in [0.1, 0.15) is 10.4 Å². The van der Waals surface area contributed by atoms with Crippen molar-refractivity contribution in [3.8, 4) is 28.3 Å². The average molecular weight is 331 g/mol. The first-order valence-electron chi connectivity index (χ1n) is 7.64. The fourth-order valence-corrected chi connectivity index (χ4v) is 2.77. The van der Waals surface area contributed by atoms with Gasteiger partial charge in [0, 0.05) is 5.56 Å². The number of para-hydroxylation sites is 2. The van der Waals surface area contributed by atoms with Gasteiger partial charge in [0.1, 0.15) is 11.3 Å². The second kappa shape index (κ2) is 5.79. The van der Waals surface area contributed by atoms with Crippen molar-refractivity contribution in [2.45, 2.75) is 0 Å². The number of fused-ring (bicyclic) bond motifs is 1. The summed E-state index contributed by atoms with van der Waals surface area (Å²) < 4.78 is 5.76. The van der Waals surface area contributed by atoms with E-state index >= 15 is 0 Å². The van der Waals surface area contributed by atoms with Gasteiger partial charge < -0.3 is 14.6 Å².